The summed E-state index contributed by atoms with van der Waals surface area (Å²) < 4.78 is 7.56. The topological polar surface area (TPSA) is 29.5 Å². The first-order chi connectivity index (χ1) is 9.13. The number of rotatable bonds is 2. The minimum atomic E-state index is 0.291. The van der Waals surface area contributed by atoms with E-state index < -0.39 is 0 Å². The Bertz CT molecular complexity index is 522. The number of hydrogen-bond donors (Lipinski definition) is 1. The van der Waals surface area contributed by atoms with Gasteiger partial charge in [0, 0.05) is 8.95 Å². The van der Waals surface area contributed by atoms with E-state index in [0.29, 0.717) is 11.9 Å². The summed E-state index contributed by atoms with van der Waals surface area (Å²) in [5.41, 5.74) is 0. The van der Waals surface area contributed by atoms with E-state index in [2.05, 4.69) is 31.9 Å². The lowest BCUT2D eigenvalue weighted by atomic mass is 10.3. The summed E-state index contributed by atoms with van der Waals surface area (Å²) in [5.74, 6) is 1.27. The van der Waals surface area contributed by atoms with Crippen LogP contribution in [0.1, 0.15) is 12.8 Å². The fraction of sp³-hybridized carbons (Fsp3) is 0.200. The van der Waals surface area contributed by atoms with E-state index in [0.717, 1.165) is 14.7 Å². The first kappa shape index (κ1) is 14.4. The van der Waals surface area contributed by atoms with Gasteiger partial charge in [-0.25, -0.2) is 0 Å². The maximum atomic E-state index is 8.78. The molecule has 0 aliphatic heterocycles. The molecule has 19 heavy (non-hydrogen) atoms. The van der Waals surface area contributed by atoms with Gasteiger partial charge in [-0.15, -0.1) is 0 Å². The molecule has 3 rings (SSSR count). The Kier molecular flexibility index (Phi) is 5.28. The Morgan fingerprint density at radius 2 is 1.58 bits per heavy atom. The maximum Gasteiger partial charge on any atom is 0.120 e. The third-order valence-electron chi connectivity index (χ3n) is 2.43. The van der Waals surface area contributed by atoms with Crippen molar-refractivity contribution < 1.29 is 9.84 Å². The molecule has 0 saturated heterocycles. The molecule has 2 nitrogen and oxygen atoms in total. The van der Waals surface area contributed by atoms with Crippen molar-refractivity contribution in [3.05, 3.63) is 57.5 Å². The molecule has 0 amide bonds. The number of benzene rings is 2. The smallest absolute Gasteiger partial charge is 0.120 e. The molecule has 1 N–H and O–H groups in total. The Morgan fingerprint density at radius 1 is 0.947 bits per heavy atom. The molecule has 2 aromatic carbocycles. The van der Waals surface area contributed by atoms with E-state index in [1.807, 2.05) is 30.3 Å². The highest BCUT2D eigenvalue weighted by atomic mass is 79.9. The molecular formula is C15H14Br2O2. The Labute approximate surface area is 129 Å². The summed E-state index contributed by atoms with van der Waals surface area (Å²) in [5, 5.41) is 8.78. The van der Waals surface area contributed by atoms with E-state index in [1.54, 1.807) is 18.2 Å². The van der Waals surface area contributed by atoms with Gasteiger partial charge in [0.25, 0.3) is 0 Å². The molecule has 1 aliphatic rings. The van der Waals surface area contributed by atoms with Crippen LogP contribution in [0.5, 0.6) is 11.5 Å². The molecule has 0 radical (unpaired) electrons. The number of ether oxygens (including phenoxy) is 1. The highest BCUT2D eigenvalue weighted by Gasteiger charge is 2.23. The second kappa shape index (κ2) is 6.96. The van der Waals surface area contributed by atoms with Crippen LogP contribution in [0.25, 0.3) is 0 Å². The zero-order valence-corrected chi connectivity index (χ0v) is 13.4. The van der Waals surface area contributed by atoms with Crippen molar-refractivity contribution in [3.8, 4) is 11.5 Å². The van der Waals surface area contributed by atoms with Gasteiger partial charge in [0.15, 0.2) is 0 Å². The second-order valence-electron chi connectivity index (χ2n) is 4.25. The normalized spacial score (nSPS) is 13.4. The summed E-state index contributed by atoms with van der Waals surface area (Å²) >= 11 is 6.59. The minimum absolute atomic E-state index is 0.291. The van der Waals surface area contributed by atoms with Crippen molar-refractivity contribution in [1.82, 2.24) is 0 Å². The average Bonchev–Trinajstić information content (AvgIpc) is 3.13. The third-order valence-corrected chi connectivity index (χ3v) is 3.42. The van der Waals surface area contributed by atoms with E-state index in [-0.39, 0.29) is 0 Å². The molecule has 2 aromatic rings. The van der Waals surface area contributed by atoms with Crippen molar-refractivity contribution in [2.75, 3.05) is 0 Å². The molecule has 0 unspecified atom stereocenters. The Morgan fingerprint density at radius 3 is 2.05 bits per heavy atom. The third kappa shape index (κ3) is 5.66. The van der Waals surface area contributed by atoms with Gasteiger partial charge in [0.05, 0.1) is 6.10 Å². The number of aromatic hydroxyl groups is 1. The van der Waals surface area contributed by atoms with Crippen LogP contribution in [0.3, 0.4) is 0 Å². The van der Waals surface area contributed by atoms with Gasteiger partial charge in [0.2, 0.25) is 0 Å². The SMILES string of the molecule is Brc1cccc(OC2CC2)c1.Oc1cccc(Br)c1. The maximum absolute atomic E-state index is 8.78. The molecule has 0 atom stereocenters. The molecule has 0 aromatic heterocycles. The lowest BCUT2D eigenvalue weighted by molar-refractivity contribution is 0.303. The predicted molar refractivity (Wildman–Crippen MR) is 83.6 cm³/mol. The molecule has 4 heteroatoms. The van der Waals surface area contributed by atoms with Crippen molar-refractivity contribution >= 4 is 31.9 Å². The lowest BCUT2D eigenvalue weighted by Crippen LogP contribution is -1.94. The molecule has 1 saturated carbocycles. The molecule has 1 fully saturated rings. The van der Waals surface area contributed by atoms with E-state index in [1.165, 1.54) is 12.8 Å². The van der Waals surface area contributed by atoms with Crippen LogP contribution >= 0.6 is 31.9 Å². The molecule has 1 aliphatic carbocycles. The Hall–Kier alpha value is -1.000. The number of phenolic OH excluding ortho intramolecular Hbond substituents is 1. The quantitative estimate of drug-likeness (QED) is 0.774. The van der Waals surface area contributed by atoms with Crippen LogP contribution < -0.4 is 4.74 Å². The zero-order valence-electron chi connectivity index (χ0n) is 10.2. The van der Waals surface area contributed by atoms with Gasteiger partial charge < -0.3 is 9.84 Å². The van der Waals surface area contributed by atoms with Gasteiger partial charge in [-0.05, 0) is 49.2 Å². The first-order valence-electron chi connectivity index (χ1n) is 6.00. The van der Waals surface area contributed by atoms with E-state index >= 15 is 0 Å². The van der Waals surface area contributed by atoms with Gasteiger partial charge in [0.1, 0.15) is 11.5 Å². The van der Waals surface area contributed by atoms with E-state index in [4.69, 9.17) is 9.84 Å². The van der Waals surface area contributed by atoms with Crippen LogP contribution in [0.15, 0.2) is 57.5 Å². The summed E-state index contributed by atoms with van der Waals surface area (Å²) in [6.45, 7) is 0. The fourth-order valence-electron chi connectivity index (χ4n) is 1.39. The average molecular weight is 386 g/mol. The number of halogens is 2. The predicted octanol–water partition coefficient (Wildman–Crippen LogP) is 5.15. The van der Waals surface area contributed by atoms with Gasteiger partial charge in [-0.1, -0.05) is 44.0 Å². The van der Waals surface area contributed by atoms with Crippen molar-refractivity contribution in [2.45, 2.75) is 18.9 Å². The van der Waals surface area contributed by atoms with Crippen molar-refractivity contribution in [3.63, 3.8) is 0 Å². The molecule has 0 heterocycles. The van der Waals surface area contributed by atoms with Crippen LogP contribution in [0.4, 0.5) is 0 Å². The van der Waals surface area contributed by atoms with Gasteiger partial charge >= 0.3 is 0 Å². The van der Waals surface area contributed by atoms with E-state index in [9.17, 15) is 0 Å². The molecular weight excluding hydrogens is 372 g/mol. The standard InChI is InChI=1S/C9H9BrO.C6H5BrO/c10-7-2-1-3-9(6-7)11-8-4-5-8;7-5-2-1-3-6(8)4-5/h1-3,6,8H,4-5H2;1-4,8H. The molecule has 0 bridgehead atoms. The van der Waals surface area contributed by atoms with Crippen LogP contribution in [-0.4, -0.2) is 11.2 Å². The van der Waals surface area contributed by atoms with Crippen LogP contribution in [0, 0.1) is 0 Å². The summed E-state index contributed by atoms with van der Waals surface area (Å²) in [6.07, 6.45) is 2.92. The van der Waals surface area contributed by atoms with Crippen molar-refractivity contribution in [2.24, 2.45) is 0 Å². The monoisotopic (exact) mass is 384 g/mol. The first-order valence-corrected chi connectivity index (χ1v) is 7.59. The highest BCUT2D eigenvalue weighted by Crippen LogP contribution is 2.27. The lowest BCUT2D eigenvalue weighted by Gasteiger charge is -2.02. The van der Waals surface area contributed by atoms with Gasteiger partial charge in [-0.2, -0.15) is 0 Å². The van der Waals surface area contributed by atoms with Crippen LogP contribution in [0.2, 0.25) is 0 Å². The van der Waals surface area contributed by atoms with Crippen molar-refractivity contribution in [1.29, 1.82) is 0 Å². The summed E-state index contributed by atoms with van der Waals surface area (Å²) in [6, 6.07) is 14.9. The minimum Gasteiger partial charge on any atom is -0.508 e. The number of phenols is 1. The fourth-order valence-corrected chi connectivity index (χ4v) is 2.16. The number of hydrogen-bond acceptors (Lipinski definition) is 2. The summed E-state index contributed by atoms with van der Waals surface area (Å²) in [7, 11) is 0. The zero-order chi connectivity index (χ0) is 13.7. The van der Waals surface area contributed by atoms with Gasteiger partial charge in [-0.3, -0.25) is 0 Å². The molecule has 100 valence electrons. The highest BCUT2D eigenvalue weighted by molar-refractivity contribution is 9.10. The Balaban J connectivity index is 0.000000148. The summed E-state index contributed by atoms with van der Waals surface area (Å²) in [4.78, 5) is 0. The largest absolute Gasteiger partial charge is 0.508 e. The van der Waals surface area contributed by atoms with Crippen LogP contribution in [-0.2, 0) is 0 Å². The second-order valence-corrected chi connectivity index (χ2v) is 6.09. The molecule has 0 spiro atoms.